The molecule has 1 saturated heterocycles. The minimum absolute atomic E-state index is 0.179. The number of halogens is 2. The third-order valence-corrected chi connectivity index (χ3v) is 3.46. The van der Waals surface area contributed by atoms with Crippen molar-refractivity contribution in [2.75, 3.05) is 13.1 Å². The predicted octanol–water partition coefficient (Wildman–Crippen LogP) is 2.07. The molecule has 2 heterocycles. The maximum atomic E-state index is 13.1. The number of nitrogens with zero attached hydrogens (tertiary/aromatic N) is 3. The molecule has 0 aromatic carbocycles. The minimum Gasteiger partial charge on any atom is -0.391 e. The van der Waals surface area contributed by atoms with Gasteiger partial charge in [-0.05, 0) is 18.8 Å². The fourth-order valence-electron chi connectivity index (χ4n) is 2.52. The molecular formula is C14H21F2N3O2. The third-order valence-electron chi connectivity index (χ3n) is 3.46. The number of aliphatic hydroxyl groups is 1. The molecule has 1 aliphatic rings. The van der Waals surface area contributed by atoms with Crippen molar-refractivity contribution in [1.29, 1.82) is 0 Å². The molecule has 5 nitrogen and oxygen atoms in total. The first kappa shape index (κ1) is 15.9. The molecule has 1 aromatic heterocycles. The van der Waals surface area contributed by atoms with E-state index >= 15 is 0 Å². The van der Waals surface area contributed by atoms with Crippen molar-refractivity contribution >= 4 is 5.91 Å². The van der Waals surface area contributed by atoms with Gasteiger partial charge in [0.2, 0.25) is 0 Å². The number of amides is 1. The van der Waals surface area contributed by atoms with E-state index in [1.807, 2.05) is 13.8 Å². The van der Waals surface area contributed by atoms with Crippen molar-refractivity contribution in [2.45, 2.75) is 45.8 Å². The van der Waals surface area contributed by atoms with E-state index in [1.54, 1.807) is 0 Å². The van der Waals surface area contributed by atoms with E-state index < -0.39 is 18.4 Å². The summed E-state index contributed by atoms with van der Waals surface area (Å²) in [6.07, 6.45) is -0.773. The van der Waals surface area contributed by atoms with E-state index in [-0.39, 0.29) is 23.7 Å². The summed E-state index contributed by atoms with van der Waals surface area (Å²) in [6, 6.07) is 0. The van der Waals surface area contributed by atoms with Crippen LogP contribution >= 0.6 is 0 Å². The molecule has 0 spiro atoms. The summed E-state index contributed by atoms with van der Waals surface area (Å²) < 4.78 is 27.6. The van der Waals surface area contributed by atoms with Gasteiger partial charge >= 0.3 is 0 Å². The van der Waals surface area contributed by atoms with Crippen LogP contribution in [0.1, 0.15) is 49.2 Å². The lowest BCUT2D eigenvalue weighted by atomic mass is 10.1. The number of β-amino-alcohol motifs (C(OH)–C–C–N with tert-alkyl or cyclic N) is 1. The summed E-state index contributed by atoms with van der Waals surface area (Å²) in [5, 5.41) is 13.6. The second-order valence-corrected chi connectivity index (χ2v) is 5.90. The molecule has 0 aliphatic carbocycles. The van der Waals surface area contributed by atoms with Crippen LogP contribution in [0.4, 0.5) is 8.78 Å². The zero-order valence-corrected chi connectivity index (χ0v) is 12.3. The van der Waals surface area contributed by atoms with Crippen molar-refractivity contribution in [3.8, 4) is 0 Å². The van der Waals surface area contributed by atoms with Gasteiger partial charge in [0.15, 0.2) is 5.69 Å². The van der Waals surface area contributed by atoms with Crippen LogP contribution in [0.3, 0.4) is 0 Å². The number of aromatic nitrogens is 2. The molecule has 1 fully saturated rings. The zero-order valence-electron chi connectivity index (χ0n) is 12.3. The van der Waals surface area contributed by atoms with Gasteiger partial charge in [-0.2, -0.15) is 5.10 Å². The second-order valence-electron chi connectivity index (χ2n) is 5.90. The van der Waals surface area contributed by atoms with E-state index in [1.165, 1.54) is 15.8 Å². The van der Waals surface area contributed by atoms with E-state index in [9.17, 15) is 18.7 Å². The Morgan fingerprint density at radius 3 is 2.81 bits per heavy atom. The number of hydrogen-bond donors (Lipinski definition) is 1. The number of likely N-dealkylation sites (tertiary alicyclic amines) is 1. The molecule has 1 N–H and O–H groups in total. The Balaban J connectivity index is 2.24. The highest BCUT2D eigenvalue weighted by Gasteiger charge is 2.29. The molecule has 0 radical (unpaired) electrons. The first-order chi connectivity index (χ1) is 9.88. The highest BCUT2D eigenvalue weighted by molar-refractivity contribution is 5.93. The number of carbonyl (C=O) groups excluding carboxylic acids is 1. The largest absolute Gasteiger partial charge is 0.391 e. The van der Waals surface area contributed by atoms with Gasteiger partial charge in [-0.15, -0.1) is 0 Å². The smallest absolute Gasteiger partial charge is 0.274 e. The van der Waals surface area contributed by atoms with Crippen LogP contribution in [0.15, 0.2) is 6.20 Å². The minimum atomic E-state index is -2.74. The summed E-state index contributed by atoms with van der Waals surface area (Å²) in [5.41, 5.74) is -0.527. The van der Waals surface area contributed by atoms with Gasteiger partial charge in [-0.3, -0.25) is 9.48 Å². The topological polar surface area (TPSA) is 58.4 Å². The normalized spacial score (nSPS) is 19.6. The van der Waals surface area contributed by atoms with Crippen LogP contribution in [0.2, 0.25) is 0 Å². The van der Waals surface area contributed by atoms with Crippen molar-refractivity contribution in [3.63, 3.8) is 0 Å². The summed E-state index contributed by atoms with van der Waals surface area (Å²) in [6.45, 7) is 5.03. The molecule has 1 aromatic rings. The van der Waals surface area contributed by atoms with Crippen LogP contribution in [0, 0.1) is 5.92 Å². The molecule has 0 saturated carbocycles. The lowest BCUT2D eigenvalue weighted by Crippen LogP contribution is -2.42. The maximum Gasteiger partial charge on any atom is 0.274 e. The monoisotopic (exact) mass is 301 g/mol. The summed E-state index contributed by atoms with van der Waals surface area (Å²) in [4.78, 5) is 13.8. The third kappa shape index (κ3) is 3.78. The van der Waals surface area contributed by atoms with Crippen molar-refractivity contribution in [1.82, 2.24) is 14.7 Å². The Bertz CT molecular complexity index is 502. The van der Waals surface area contributed by atoms with Crippen molar-refractivity contribution in [2.24, 2.45) is 5.92 Å². The fourth-order valence-corrected chi connectivity index (χ4v) is 2.52. The summed E-state index contributed by atoms with van der Waals surface area (Å²) in [7, 11) is 0. The molecule has 1 aliphatic heterocycles. The number of hydrogen-bond acceptors (Lipinski definition) is 3. The molecule has 1 atom stereocenters. The van der Waals surface area contributed by atoms with Gasteiger partial charge in [0.1, 0.15) is 0 Å². The fraction of sp³-hybridized carbons (Fsp3) is 0.714. The number of alkyl halides is 2. The second kappa shape index (κ2) is 6.51. The zero-order chi connectivity index (χ0) is 15.6. The SMILES string of the molecule is CC(C)Cn1cc(C(F)F)c(C(=O)N2CCCC(O)C2)n1. The molecule has 1 unspecified atom stereocenters. The number of rotatable bonds is 4. The standard InChI is InChI=1S/C14H21F2N3O2/c1-9(2)6-19-8-11(13(15)16)12(17-19)14(21)18-5-3-4-10(20)7-18/h8-10,13,20H,3-7H2,1-2H3. The Labute approximate surface area is 122 Å². The van der Waals surface area contributed by atoms with E-state index in [4.69, 9.17) is 0 Å². The van der Waals surface area contributed by atoms with Crippen LogP contribution in [-0.4, -0.2) is 44.9 Å². The molecule has 1 amide bonds. The highest BCUT2D eigenvalue weighted by atomic mass is 19.3. The molecule has 0 bridgehead atoms. The molecule has 118 valence electrons. The van der Waals surface area contributed by atoms with Crippen LogP contribution < -0.4 is 0 Å². The highest BCUT2D eigenvalue weighted by Crippen LogP contribution is 2.24. The summed E-state index contributed by atoms with van der Waals surface area (Å²) in [5.74, 6) is -0.276. The lowest BCUT2D eigenvalue weighted by Gasteiger charge is -2.29. The van der Waals surface area contributed by atoms with Crippen molar-refractivity contribution in [3.05, 3.63) is 17.5 Å². The van der Waals surface area contributed by atoms with Gasteiger partial charge in [0, 0.05) is 25.8 Å². The predicted molar refractivity (Wildman–Crippen MR) is 73.2 cm³/mol. The quantitative estimate of drug-likeness (QED) is 0.926. The van der Waals surface area contributed by atoms with E-state index in [0.29, 0.717) is 25.9 Å². The average Bonchev–Trinajstić information content (AvgIpc) is 2.81. The first-order valence-electron chi connectivity index (χ1n) is 7.21. The van der Waals surface area contributed by atoms with Gasteiger partial charge in [0.05, 0.1) is 11.7 Å². The van der Waals surface area contributed by atoms with E-state index in [2.05, 4.69) is 5.10 Å². The van der Waals surface area contributed by atoms with Gasteiger partial charge in [0.25, 0.3) is 12.3 Å². The number of aliphatic hydroxyl groups excluding tert-OH is 1. The average molecular weight is 301 g/mol. The lowest BCUT2D eigenvalue weighted by molar-refractivity contribution is 0.0461. The molecule has 21 heavy (non-hydrogen) atoms. The van der Waals surface area contributed by atoms with Crippen LogP contribution in [-0.2, 0) is 6.54 Å². The Morgan fingerprint density at radius 2 is 2.24 bits per heavy atom. The Hall–Kier alpha value is -1.50. The number of carbonyl (C=O) groups is 1. The Kier molecular flexibility index (Phi) is 4.92. The first-order valence-corrected chi connectivity index (χ1v) is 7.21. The Morgan fingerprint density at radius 1 is 1.52 bits per heavy atom. The van der Waals surface area contributed by atoms with Crippen molar-refractivity contribution < 1.29 is 18.7 Å². The van der Waals surface area contributed by atoms with Crippen LogP contribution in [0.5, 0.6) is 0 Å². The molecule has 7 heteroatoms. The number of piperidine rings is 1. The van der Waals surface area contributed by atoms with Gasteiger partial charge in [-0.1, -0.05) is 13.8 Å². The van der Waals surface area contributed by atoms with Gasteiger partial charge in [-0.25, -0.2) is 8.78 Å². The molecule has 2 rings (SSSR count). The summed E-state index contributed by atoms with van der Waals surface area (Å²) >= 11 is 0. The molecular weight excluding hydrogens is 280 g/mol. The maximum absolute atomic E-state index is 13.1. The van der Waals surface area contributed by atoms with Crippen LogP contribution in [0.25, 0.3) is 0 Å². The van der Waals surface area contributed by atoms with E-state index in [0.717, 1.165) is 0 Å². The van der Waals surface area contributed by atoms with Gasteiger partial charge < -0.3 is 10.0 Å².